The molecule has 1 aromatic heterocycles. The van der Waals surface area contributed by atoms with Crippen molar-refractivity contribution in [3.8, 4) is 11.8 Å². The van der Waals surface area contributed by atoms with E-state index in [0.29, 0.717) is 16.6 Å². The molecule has 1 aliphatic rings. The minimum atomic E-state index is -0.395. The van der Waals surface area contributed by atoms with Gasteiger partial charge in [-0.15, -0.1) is 0 Å². The summed E-state index contributed by atoms with van der Waals surface area (Å²) in [5.41, 5.74) is 3.50. The lowest BCUT2D eigenvalue weighted by Gasteiger charge is -2.11. The van der Waals surface area contributed by atoms with E-state index in [1.807, 2.05) is 42.7 Å². The number of halogens is 2. The van der Waals surface area contributed by atoms with Crippen LogP contribution in [0.25, 0.3) is 11.8 Å². The highest BCUT2D eigenvalue weighted by atomic mass is 35.5. The van der Waals surface area contributed by atoms with Gasteiger partial charge in [0.15, 0.2) is 0 Å². The number of aromatic nitrogens is 1. The molecule has 1 fully saturated rings. The Hall–Kier alpha value is -2.26. The third kappa shape index (κ3) is 4.59. The average molecular weight is 418 g/mol. The summed E-state index contributed by atoms with van der Waals surface area (Å²) in [6, 6.07) is 9.24. The highest BCUT2D eigenvalue weighted by molar-refractivity contribution is 6.34. The number of benzene rings is 1. The highest BCUT2D eigenvalue weighted by Gasteiger charge is 2.18. The number of rotatable bonds is 5. The lowest BCUT2D eigenvalue weighted by Crippen LogP contribution is -2.32. The number of ether oxygens (including phenoxy) is 1. The SMILES string of the molecule is Cc1cc(/C=C(\C#N)C(=O)NC[C@H]2CCCO2)c(C)n1-c1cc(Cl)cc(Cl)c1. The van der Waals surface area contributed by atoms with Crippen molar-refractivity contribution in [2.24, 2.45) is 0 Å². The second-order valence-corrected chi connectivity index (χ2v) is 7.68. The van der Waals surface area contributed by atoms with Gasteiger partial charge in [0.25, 0.3) is 5.91 Å². The van der Waals surface area contributed by atoms with Gasteiger partial charge >= 0.3 is 0 Å². The van der Waals surface area contributed by atoms with Crippen LogP contribution in [0, 0.1) is 25.2 Å². The normalized spacial score (nSPS) is 16.8. The molecule has 3 rings (SSSR count). The van der Waals surface area contributed by atoms with Gasteiger partial charge in [-0.1, -0.05) is 23.2 Å². The van der Waals surface area contributed by atoms with E-state index in [0.717, 1.165) is 42.1 Å². The van der Waals surface area contributed by atoms with Gasteiger partial charge in [-0.2, -0.15) is 5.26 Å². The molecule has 0 spiro atoms. The summed E-state index contributed by atoms with van der Waals surface area (Å²) in [6.07, 6.45) is 3.56. The van der Waals surface area contributed by atoms with E-state index in [4.69, 9.17) is 27.9 Å². The van der Waals surface area contributed by atoms with Gasteiger partial charge in [0, 0.05) is 40.3 Å². The molecule has 0 radical (unpaired) electrons. The van der Waals surface area contributed by atoms with Crippen LogP contribution in [0.5, 0.6) is 0 Å². The molecule has 7 heteroatoms. The van der Waals surface area contributed by atoms with E-state index in [1.165, 1.54) is 0 Å². The molecule has 1 aliphatic heterocycles. The molecule has 0 unspecified atom stereocenters. The molecule has 0 bridgehead atoms. The predicted octanol–water partition coefficient (Wildman–Crippen LogP) is 4.60. The molecule has 0 aliphatic carbocycles. The van der Waals surface area contributed by atoms with Crippen LogP contribution in [-0.2, 0) is 9.53 Å². The summed E-state index contributed by atoms with van der Waals surface area (Å²) in [5, 5.41) is 13.3. The highest BCUT2D eigenvalue weighted by Crippen LogP contribution is 2.27. The van der Waals surface area contributed by atoms with Crippen molar-refractivity contribution in [2.45, 2.75) is 32.8 Å². The zero-order chi connectivity index (χ0) is 20.3. The van der Waals surface area contributed by atoms with Crippen molar-refractivity contribution < 1.29 is 9.53 Å². The predicted molar refractivity (Wildman–Crippen MR) is 111 cm³/mol. The summed E-state index contributed by atoms with van der Waals surface area (Å²) >= 11 is 12.3. The van der Waals surface area contributed by atoms with E-state index in [-0.39, 0.29) is 11.7 Å². The molecular formula is C21H21Cl2N3O2. The van der Waals surface area contributed by atoms with E-state index in [9.17, 15) is 10.1 Å². The van der Waals surface area contributed by atoms with Crippen LogP contribution in [0.15, 0.2) is 29.8 Å². The maximum atomic E-state index is 12.4. The molecule has 1 aromatic carbocycles. The van der Waals surface area contributed by atoms with Crippen LogP contribution in [0.2, 0.25) is 10.0 Å². The van der Waals surface area contributed by atoms with E-state index in [2.05, 4.69) is 5.32 Å². The van der Waals surface area contributed by atoms with Crippen molar-refractivity contribution in [3.05, 3.63) is 56.8 Å². The zero-order valence-corrected chi connectivity index (χ0v) is 17.3. The fourth-order valence-electron chi connectivity index (χ4n) is 3.41. The topological polar surface area (TPSA) is 67.1 Å². The van der Waals surface area contributed by atoms with Gasteiger partial charge in [-0.3, -0.25) is 4.79 Å². The molecule has 146 valence electrons. The van der Waals surface area contributed by atoms with E-state index < -0.39 is 5.91 Å². The van der Waals surface area contributed by atoms with Gasteiger partial charge in [-0.05, 0) is 62.6 Å². The number of nitrogens with one attached hydrogen (secondary N) is 1. The maximum Gasteiger partial charge on any atom is 0.262 e. The number of nitriles is 1. The molecule has 1 amide bonds. The molecular weight excluding hydrogens is 397 g/mol. The zero-order valence-electron chi connectivity index (χ0n) is 15.8. The van der Waals surface area contributed by atoms with Gasteiger partial charge in [-0.25, -0.2) is 0 Å². The third-order valence-corrected chi connectivity index (χ3v) is 5.19. The molecule has 0 saturated carbocycles. The first-order valence-corrected chi connectivity index (χ1v) is 9.81. The number of nitrogens with zero attached hydrogens (tertiary/aromatic N) is 2. The first kappa shape index (κ1) is 20.5. The smallest absolute Gasteiger partial charge is 0.262 e. The second-order valence-electron chi connectivity index (χ2n) is 6.80. The Morgan fingerprint density at radius 2 is 2.04 bits per heavy atom. The number of amides is 1. The molecule has 1 atom stereocenters. The van der Waals surface area contributed by atoms with Crippen LogP contribution in [0.4, 0.5) is 0 Å². The van der Waals surface area contributed by atoms with Crippen molar-refractivity contribution in [2.75, 3.05) is 13.2 Å². The van der Waals surface area contributed by atoms with E-state index >= 15 is 0 Å². The largest absolute Gasteiger partial charge is 0.376 e. The first-order valence-electron chi connectivity index (χ1n) is 9.06. The van der Waals surface area contributed by atoms with Crippen LogP contribution in [0.3, 0.4) is 0 Å². The van der Waals surface area contributed by atoms with Gasteiger partial charge in [0.05, 0.1) is 6.10 Å². The molecule has 2 aromatic rings. The van der Waals surface area contributed by atoms with E-state index in [1.54, 1.807) is 12.1 Å². The monoisotopic (exact) mass is 417 g/mol. The maximum absolute atomic E-state index is 12.4. The van der Waals surface area contributed by atoms with Crippen molar-refractivity contribution in [3.63, 3.8) is 0 Å². The summed E-state index contributed by atoms with van der Waals surface area (Å²) in [7, 11) is 0. The Balaban J connectivity index is 1.86. The Bertz CT molecular complexity index is 947. The number of carbonyl (C=O) groups is 1. The van der Waals surface area contributed by atoms with Crippen LogP contribution in [0.1, 0.15) is 29.8 Å². The second kappa shape index (κ2) is 8.83. The fraction of sp³-hybridized carbons (Fsp3) is 0.333. The van der Waals surface area contributed by atoms with Crippen LogP contribution in [-0.4, -0.2) is 29.7 Å². The summed E-state index contributed by atoms with van der Waals surface area (Å²) in [6.45, 7) is 5.01. The Morgan fingerprint density at radius 3 is 2.64 bits per heavy atom. The Morgan fingerprint density at radius 1 is 1.32 bits per heavy atom. The third-order valence-electron chi connectivity index (χ3n) is 4.75. The number of carbonyl (C=O) groups excluding carboxylic acids is 1. The Kier molecular flexibility index (Phi) is 6.46. The van der Waals surface area contributed by atoms with Gasteiger partial charge in [0.2, 0.25) is 0 Å². The lowest BCUT2D eigenvalue weighted by molar-refractivity contribution is -0.117. The lowest BCUT2D eigenvalue weighted by atomic mass is 10.1. The molecule has 2 heterocycles. The first-order chi connectivity index (χ1) is 13.4. The fourth-order valence-corrected chi connectivity index (χ4v) is 3.93. The molecule has 1 N–H and O–H groups in total. The number of hydrogen-bond donors (Lipinski definition) is 1. The number of hydrogen-bond acceptors (Lipinski definition) is 3. The minimum absolute atomic E-state index is 0.0292. The summed E-state index contributed by atoms with van der Waals surface area (Å²) in [4.78, 5) is 12.4. The van der Waals surface area contributed by atoms with Crippen molar-refractivity contribution in [1.29, 1.82) is 5.26 Å². The van der Waals surface area contributed by atoms with Crippen LogP contribution < -0.4 is 5.32 Å². The summed E-state index contributed by atoms with van der Waals surface area (Å²) in [5.74, 6) is -0.395. The standard InChI is InChI=1S/C21H21Cl2N3O2/c1-13-6-15(14(2)26(13)19-9-17(22)8-18(23)10-19)7-16(11-24)21(27)25-12-20-4-3-5-28-20/h6-10,20H,3-5,12H2,1-2H3,(H,25,27)/b16-7+/t20-/m1/s1. The Labute approximate surface area is 174 Å². The average Bonchev–Trinajstić information content (AvgIpc) is 3.24. The molecule has 1 saturated heterocycles. The molecule has 5 nitrogen and oxygen atoms in total. The van der Waals surface area contributed by atoms with Crippen LogP contribution >= 0.6 is 23.2 Å². The van der Waals surface area contributed by atoms with Crippen molar-refractivity contribution in [1.82, 2.24) is 9.88 Å². The number of aryl methyl sites for hydroxylation is 1. The van der Waals surface area contributed by atoms with Gasteiger partial charge in [0.1, 0.15) is 11.6 Å². The molecule has 28 heavy (non-hydrogen) atoms. The summed E-state index contributed by atoms with van der Waals surface area (Å²) < 4.78 is 7.49. The van der Waals surface area contributed by atoms with Crippen molar-refractivity contribution >= 4 is 35.2 Å². The van der Waals surface area contributed by atoms with Gasteiger partial charge < -0.3 is 14.6 Å². The minimum Gasteiger partial charge on any atom is -0.376 e. The quantitative estimate of drug-likeness (QED) is 0.570.